The summed E-state index contributed by atoms with van der Waals surface area (Å²) in [6, 6.07) is 0. The molecule has 10 heavy (non-hydrogen) atoms. The highest BCUT2D eigenvalue weighted by molar-refractivity contribution is 7.85. The molecule has 8 heteroatoms. The van der Waals surface area contributed by atoms with Crippen LogP contribution in [-0.4, -0.2) is 23.3 Å². The number of hydrogen-bond acceptors (Lipinski definition) is 5. The average Bonchev–Trinajstić information content (AvgIpc) is 2.08. The summed E-state index contributed by atoms with van der Waals surface area (Å²) in [7, 11) is -4.23. The van der Waals surface area contributed by atoms with E-state index in [9.17, 15) is 8.42 Å². The fourth-order valence-electron chi connectivity index (χ4n) is 0.268. The molecule has 0 aliphatic rings. The highest BCUT2D eigenvalue weighted by Gasteiger charge is 2.12. The van der Waals surface area contributed by atoms with Crippen LogP contribution in [0.3, 0.4) is 0 Å². The standard InChI is InChI=1S/C2H2N2O4S.ClH/c5-9(6,7)2-1-8-4-3-2;/h1H,(H,5,6,7);1H. The maximum atomic E-state index is 10.1. The molecule has 0 amide bonds. The third-order valence-corrected chi connectivity index (χ3v) is 1.31. The summed E-state index contributed by atoms with van der Waals surface area (Å²) in [5.41, 5.74) is 0. The summed E-state index contributed by atoms with van der Waals surface area (Å²) < 4.78 is 32.4. The molecule has 0 fully saturated rings. The molecule has 0 saturated heterocycles. The van der Waals surface area contributed by atoms with Gasteiger partial charge in [0, 0.05) is 5.27 Å². The summed E-state index contributed by atoms with van der Waals surface area (Å²) in [5.74, 6) is 0. The van der Waals surface area contributed by atoms with Crippen molar-refractivity contribution in [2.24, 2.45) is 0 Å². The number of rotatable bonds is 1. The molecule has 58 valence electrons. The minimum atomic E-state index is -4.23. The van der Waals surface area contributed by atoms with E-state index in [-0.39, 0.29) is 12.4 Å². The Labute approximate surface area is 62.4 Å². The van der Waals surface area contributed by atoms with Gasteiger partial charge >= 0.3 is 10.1 Å². The zero-order valence-electron chi connectivity index (χ0n) is 4.46. The van der Waals surface area contributed by atoms with Gasteiger partial charge in [0.1, 0.15) is 0 Å². The van der Waals surface area contributed by atoms with Gasteiger partial charge in [-0.1, -0.05) is 5.10 Å². The van der Waals surface area contributed by atoms with Gasteiger partial charge < -0.3 is 4.52 Å². The Balaban J connectivity index is 0.000000810. The molecule has 1 aromatic rings. The van der Waals surface area contributed by atoms with E-state index in [4.69, 9.17) is 4.55 Å². The molecule has 1 aromatic heterocycles. The van der Waals surface area contributed by atoms with Gasteiger partial charge in [0.15, 0.2) is 6.26 Å². The van der Waals surface area contributed by atoms with Crippen LogP contribution in [0.1, 0.15) is 0 Å². The molecule has 1 N–H and O–H groups in total. The molecule has 0 atom stereocenters. The molecular weight excluding hydrogens is 184 g/mol. The van der Waals surface area contributed by atoms with Crippen LogP contribution in [-0.2, 0) is 10.1 Å². The van der Waals surface area contributed by atoms with Crippen molar-refractivity contribution in [1.29, 1.82) is 0 Å². The van der Waals surface area contributed by atoms with Crippen molar-refractivity contribution in [2.75, 3.05) is 0 Å². The molecule has 0 bridgehead atoms. The van der Waals surface area contributed by atoms with Gasteiger partial charge in [0.25, 0.3) is 0 Å². The molecule has 0 aliphatic carbocycles. The van der Waals surface area contributed by atoms with Crippen LogP contribution in [0, 0.1) is 0 Å². The monoisotopic (exact) mass is 186 g/mol. The van der Waals surface area contributed by atoms with Crippen molar-refractivity contribution in [3.8, 4) is 0 Å². The Kier molecular flexibility index (Phi) is 2.76. The number of halogens is 1. The predicted molar refractivity (Wildman–Crippen MR) is 31.4 cm³/mol. The minimum absolute atomic E-state index is 0. The van der Waals surface area contributed by atoms with E-state index in [2.05, 4.69) is 14.9 Å². The fourth-order valence-corrected chi connectivity index (χ4v) is 0.570. The lowest BCUT2D eigenvalue weighted by atomic mass is 11.0. The van der Waals surface area contributed by atoms with E-state index in [1.165, 1.54) is 0 Å². The fraction of sp³-hybridized carbons (Fsp3) is 0. The van der Waals surface area contributed by atoms with Gasteiger partial charge in [-0.3, -0.25) is 4.55 Å². The molecule has 0 radical (unpaired) electrons. The van der Waals surface area contributed by atoms with Crippen LogP contribution < -0.4 is 0 Å². The molecule has 0 aliphatic heterocycles. The van der Waals surface area contributed by atoms with E-state index in [1.54, 1.807) is 0 Å². The largest absolute Gasteiger partial charge is 0.344 e. The lowest BCUT2D eigenvalue weighted by molar-refractivity contribution is 0.392. The predicted octanol–water partition coefficient (Wildman–Crippen LogP) is -0.262. The van der Waals surface area contributed by atoms with Gasteiger partial charge in [-0.2, -0.15) is 8.42 Å². The van der Waals surface area contributed by atoms with Gasteiger partial charge in [-0.15, -0.1) is 12.4 Å². The van der Waals surface area contributed by atoms with E-state index in [0.29, 0.717) is 0 Å². The molecule has 1 rings (SSSR count). The Morgan fingerprint density at radius 1 is 1.60 bits per heavy atom. The highest BCUT2D eigenvalue weighted by Crippen LogP contribution is 1.99. The van der Waals surface area contributed by atoms with Crippen molar-refractivity contribution < 1.29 is 17.5 Å². The first-order chi connectivity index (χ1) is 4.11. The summed E-state index contributed by atoms with van der Waals surface area (Å²) in [6.45, 7) is 0. The lowest BCUT2D eigenvalue weighted by Crippen LogP contribution is -1.97. The lowest BCUT2D eigenvalue weighted by Gasteiger charge is -1.80. The molecule has 1 heterocycles. The number of hydrogen-bond donors (Lipinski definition) is 1. The Morgan fingerprint density at radius 2 is 2.20 bits per heavy atom. The maximum Gasteiger partial charge on any atom is 0.317 e. The van der Waals surface area contributed by atoms with Gasteiger partial charge in [-0.25, -0.2) is 0 Å². The summed E-state index contributed by atoms with van der Waals surface area (Å²) in [4.78, 5) is 0. The molecule has 6 nitrogen and oxygen atoms in total. The Bertz CT molecular complexity index is 278. The smallest absolute Gasteiger partial charge is 0.317 e. The quantitative estimate of drug-likeness (QED) is 0.608. The minimum Gasteiger partial charge on any atom is -0.344 e. The number of nitrogens with zero attached hydrogens (tertiary/aromatic N) is 2. The van der Waals surface area contributed by atoms with E-state index in [1.807, 2.05) is 0 Å². The van der Waals surface area contributed by atoms with E-state index in [0.717, 1.165) is 6.26 Å². The summed E-state index contributed by atoms with van der Waals surface area (Å²) in [6.07, 6.45) is 0.731. The topological polar surface area (TPSA) is 93.3 Å². The SMILES string of the molecule is Cl.O=S(=O)(O)c1conn1. The summed E-state index contributed by atoms with van der Waals surface area (Å²) in [5, 5.41) is 5.18. The second kappa shape index (κ2) is 2.95. The molecule has 0 saturated carbocycles. The Morgan fingerprint density at radius 3 is 2.40 bits per heavy atom. The highest BCUT2D eigenvalue weighted by atomic mass is 35.5. The van der Waals surface area contributed by atoms with Crippen LogP contribution in [0.25, 0.3) is 0 Å². The normalized spacial score (nSPS) is 10.5. The zero-order valence-corrected chi connectivity index (χ0v) is 6.09. The van der Waals surface area contributed by atoms with Crippen molar-refractivity contribution in [3.63, 3.8) is 0 Å². The molecular formula is C2H3ClN2O4S. The first-order valence-corrected chi connectivity index (χ1v) is 3.29. The summed E-state index contributed by atoms with van der Waals surface area (Å²) >= 11 is 0. The first-order valence-electron chi connectivity index (χ1n) is 1.85. The first kappa shape index (κ1) is 9.34. The average molecular weight is 187 g/mol. The van der Waals surface area contributed by atoms with Gasteiger partial charge in [0.05, 0.1) is 0 Å². The molecule has 0 spiro atoms. The van der Waals surface area contributed by atoms with E-state index < -0.39 is 15.1 Å². The van der Waals surface area contributed by atoms with Crippen LogP contribution in [0.4, 0.5) is 0 Å². The van der Waals surface area contributed by atoms with Crippen molar-refractivity contribution in [2.45, 2.75) is 5.03 Å². The Hall–Kier alpha value is -0.660. The third kappa shape index (κ3) is 1.94. The number of aromatic nitrogens is 2. The maximum absolute atomic E-state index is 10.1. The second-order valence-corrected chi connectivity index (χ2v) is 2.59. The van der Waals surface area contributed by atoms with Crippen LogP contribution in [0.5, 0.6) is 0 Å². The second-order valence-electron chi connectivity index (χ2n) is 1.22. The van der Waals surface area contributed by atoms with Gasteiger partial charge in [0.2, 0.25) is 5.03 Å². The van der Waals surface area contributed by atoms with Crippen LogP contribution in [0.15, 0.2) is 15.8 Å². The van der Waals surface area contributed by atoms with E-state index >= 15 is 0 Å². The third-order valence-electron chi connectivity index (χ3n) is 0.604. The van der Waals surface area contributed by atoms with Gasteiger partial charge in [-0.05, 0) is 0 Å². The molecule has 0 unspecified atom stereocenters. The molecule has 0 aromatic carbocycles. The van der Waals surface area contributed by atoms with Crippen molar-refractivity contribution >= 4 is 22.5 Å². The van der Waals surface area contributed by atoms with Crippen molar-refractivity contribution in [3.05, 3.63) is 6.26 Å². The van der Waals surface area contributed by atoms with Crippen LogP contribution >= 0.6 is 12.4 Å². The van der Waals surface area contributed by atoms with Crippen molar-refractivity contribution in [1.82, 2.24) is 10.4 Å². The van der Waals surface area contributed by atoms with Crippen LogP contribution in [0.2, 0.25) is 0 Å². The zero-order chi connectivity index (χ0) is 6.91.